The van der Waals surface area contributed by atoms with Crippen molar-refractivity contribution in [2.24, 2.45) is 0 Å². The molecule has 0 radical (unpaired) electrons. The Morgan fingerprint density at radius 1 is 0.966 bits per heavy atom. The first-order valence-corrected chi connectivity index (χ1v) is 11.0. The summed E-state index contributed by atoms with van der Waals surface area (Å²) in [6.45, 7) is 5.29. The molecule has 2 fully saturated rings. The number of nitrogens with zero attached hydrogens (tertiary/aromatic N) is 2. The molecular formula is C24H31FN2O2. The Hall–Kier alpha value is -2.14. The number of fused-ring (bicyclic) bond motifs is 1. The third kappa shape index (κ3) is 5.27. The van der Waals surface area contributed by atoms with Crippen LogP contribution >= 0.6 is 0 Å². The molecule has 2 aliphatic rings. The average Bonchev–Trinajstić information content (AvgIpc) is 2.77. The molecule has 2 saturated heterocycles. The predicted octanol–water partition coefficient (Wildman–Crippen LogP) is 4.67. The first-order valence-electron chi connectivity index (χ1n) is 11.0. The lowest BCUT2D eigenvalue weighted by atomic mass is 10.0. The van der Waals surface area contributed by atoms with Gasteiger partial charge in [0.2, 0.25) is 0 Å². The van der Waals surface area contributed by atoms with Gasteiger partial charge in [-0.25, -0.2) is 4.39 Å². The predicted molar refractivity (Wildman–Crippen MR) is 114 cm³/mol. The molecule has 2 heterocycles. The number of benzene rings is 2. The molecule has 29 heavy (non-hydrogen) atoms. The fourth-order valence-corrected chi connectivity index (χ4v) is 4.34. The Bertz CT molecular complexity index is 827. The van der Waals surface area contributed by atoms with Crippen LogP contribution in [0.15, 0.2) is 36.4 Å². The summed E-state index contributed by atoms with van der Waals surface area (Å²) in [5.74, 6) is 0.872. The first kappa shape index (κ1) is 20.1. The molecule has 2 aromatic carbocycles. The number of likely N-dealkylation sites (tertiary alicyclic amines) is 2. The molecular weight excluding hydrogens is 367 g/mol. The van der Waals surface area contributed by atoms with Crippen molar-refractivity contribution in [3.05, 3.63) is 42.0 Å². The Balaban J connectivity index is 1.32. The first-order chi connectivity index (χ1) is 14.2. The fraction of sp³-hybridized carbons (Fsp3) is 0.542. The van der Waals surface area contributed by atoms with Crippen LogP contribution in [0.1, 0.15) is 48.9 Å². The summed E-state index contributed by atoms with van der Waals surface area (Å²) >= 11 is 0. The van der Waals surface area contributed by atoms with E-state index in [1.807, 2.05) is 36.4 Å². The van der Waals surface area contributed by atoms with Crippen molar-refractivity contribution in [3.8, 4) is 5.75 Å². The third-order valence-electron chi connectivity index (χ3n) is 6.11. The smallest absolute Gasteiger partial charge is 0.253 e. The zero-order chi connectivity index (χ0) is 20.1. The summed E-state index contributed by atoms with van der Waals surface area (Å²) in [7, 11) is 0. The van der Waals surface area contributed by atoms with E-state index in [1.54, 1.807) is 4.90 Å². The Morgan fingerprint density at radius 3 is 2.48 bits per heavy atom. The zero-order valence-electron chi connectivity index (χ0n) is 17.1. The summed E-state index contributed by atoms with van der Waals surface area (Å²) in [5, 5.41) is 2.09. The van der Waals surface area contributed by atoms with Crippen molar-refractivity contribution in [3.63, 3.8) is 0 Å². The summed E-state index contributed by atoms with van der Waals surface area (Å²) in [4.78, 5) is 17.0. The maximum Gasteiger partial charge on any atom is 0.253 e. The van der Waals surface area contributed by atoms with Crippen molar-refractivity contribution in [2.75, 3.05) is 39.3 Å². The lowest BCUT2D eigenvalue weighted by Gasteiger charge is -2.28. The fourth-order valence-electron chi connectivity index (χ4n) is 4.34. The molecule has 0 atom stereocenters. The standard InChI is InChI=1S/C24H31FN2O2/c25-22-9-14-27(15-10-22)24(28)21-6-5-20-18-23(8-7-19(20)17-21)29-16-4-13-26-11-2-1-3-12-26/h5-8,17-18,22H,1-4,9-16H2. The number of hydrogen-bond donors (Lipinski definition) is 0. The van der Waals surface area contributed by atoms with Crippen LogP contribution in [-0.4, -0.2) is 61.2 Å². The maximum absolute atomic E-state index is 13.3. The van der Waals surface area contributed by atoms with E-state index >= 15 is 0 Å². The summed E-state index contributed by atoms with van der Waals surface area (Å²) in [6, 6.07) is 11.8. The monoisotopic (exact) mass is 398 g/mol. The largest absolute Gasteiger partial charge is 0.494 e. The topological polar surface area (TPSA) is 32.8 Å². The van der Waals surface area contributed by atoms with Crippen LogP contribution < -0.4 is 4.74 Å². The highest BCUT2D eigenvalue weighted by atomic mass is 19.1. The summed E-state index contributed by atoms with van der Waals surface area (Å²) in [6.07, 6.45) is 5.17. The zero-order valence-corrected chi connectivity index (χ0v) is 17.1. The number of rotatable bonds is 6. The van der Waals surface area contributed by atoms with Gasteiger partial charge in [0.25, 0.3) is 5.91 Å². The quantitative estimate of drug-likeness (QED) is 0.663. The molecule has 5 heteroatoms. The lowest BCUT2D eigenvalue weighted by molar-refractivity contribution is 0.0667. The average molecular weight is 399 g/mol. The summed E-state index contributed by atoms with van der Waals surface area (Å²) < 4.78 is 19.3. The molecule has 4 rings (SSSR count). The van der Waals surface area contributed by atoms with Gasteiger partial charge in [-0.15, -0.1) is 0 Å². The molecule has 0 aromatic heterocycles. The molecule has 0 aliphatic carbocycles. The number of carbonyl (C=O) groups excluding carboxylic acids is 1. The molecule has 0 unspecified atom stereocenters. The number of amides is 1. The minimum absolute atomic E-state index is 0.00293. The van der Waals surface area contributed by atoms with Crippen LogP contribution in [0.3, 0.4) is 0 Å². The number of ether oxygens (including phenoxy) is 1. The minimum atomic E-state index is -0.770. The van der Waals surface area contributed by atoms with Crippen molar-refractivity contribution in [1.29, 1.82) is 0 Å². The normalized spacial score (nSPS) is 18.9. The second-order valence-electron chi connectivity index (χ2n) is 8.29. The summed E-state index contributed by atoms with van der Waals surface area (Å²) in [5.41, 5.74) is 0.671. The van der Waals surface area contributed by atoms with E-state index < -0.39 is 6.17 Å². The van der Waals surface area contributed by atoms with Crippen LogP contribution in [0.2, 0.25) is 0 Å². The molecule has 156 valence electrons. The van der Waals surface area contributed by atoms with E-state index in [1.165, 1.54) is 32.4 Å². The van der Waals surface area contributed by atoms with Gasteiger partial charge in [0.1, 0.15) is 11.9 Å². The van der Waals surface area contributed by atoms with Gasteiger partial charge in [0.15, 0.2) is 0 Å². The Kier molecular flexibility index (Phi) is 6.65. The van der Waals surface area contributed by atoms with Crippen molar-refractivity contribution < 1.29 is 13.9 Å². The molecule has 0 N–H and O–H groups in total. The van der Waals surface area contributed by atoms with Gasteiger partial charge in [0.05, 0.1) is 6.61 Å². The van der Waals surface area contributed by atoms with Crippen LogP contribution in [0.4, 0.5) is 4.39 Å². The van der Waals surface area contributed by atoms with Crippen molar-refractivity contribution >= 4 is 16.7 Å². The molecule has 2 aliphatic heterocycles. The molecule has 1 amide bonds. The number of hydrogen-bond acceptors (Lipinski definition) is 3. The van der Waals surface area contributed by atoms with E-state index in [9.17, 15) is 9.18 Å². The number of halogens is 1. The van der Waals surface area contributed by atoms with Gasteiger partial charge in [-0.3, -0.25) is 4.79 Å². The number of carbonyl (C=O) groups is 1. The Morgan fingerprint density at radius 2 is 1.69 bits per heavy atom. The highest BCUT2D eigenvalue weighted by Gasteiger charge is 2.23. The van der Waals surface area contributed by atoms with E-state index in [-0.39, 0.29) is 5.91 Å². The van der Waals surface area contributed by atoms with E-state index in [4.69, 9.17) is 4.74 Å². The molecule has 0 spiro atoms. The lowest BCUT2D eigenvalue weighted by Crippen LogP contribution is -2.39. The number of alkyl halides is 1. The van der Waals surface area contributed by atoms with Gasteiger partial charge in [-0.2, -0.15) is 0 Å². The van der Waals surface area contributed by atoms with E-state index in [0.29, 0.717) is 31.5 Å². The van der Waals surface area contributed by atoms with Crippen molar-refractivity contribution in [1.82, 2.24) is 9.80 Å². The van der Waals surface area contributed by atoms with Gasteiger partial charge in [-0.05, 0) is 80.2 Å². The molecule has 0 saturated carbocycles. The minimum Gasteiger partial charge on any atom is -0.494 e. The SMILES string of the molecule is O=C(c1ccc2cc(OCCCN3CCCCC3)ccc2c1)N1CCC(F)CC1. The molecule has 2 aromatic rings. The van der Waals surface area contributed by atoms with Crippen LogP contribution in [0.5, 0.6) is 5.75 Å². The number of piperidine rings is 2. The van der Waals surface area contributed by atoms with E-state index in [0.717, 1.165) is 36.1 Å². The van der Waals surface area contributed by atoms with Gasteiger partial charge < -0.3 is 14.5 Å². The van der Waals surface area contributed by atoms with Crippen molar-refractivity contribution in [2.45, 2.75) is 44.7 Å². The van der Waals surface area contributed by atoms with Gasteiger partial charge in [-0.1, -0.05) is 18.6 Å². The Labute approximate surface area is 172 Å². The van der Waals surface area contributed by atoms with Gasteiger partial charge >= 0.3 is 0 Å². The highest BCUT2D eigenvalue weighted by Crippen LogP contribution is 2.24. The molecule has 0 bridgehead atoms. The maximum atomic E-state index is 13.3. The second kappa shape index (κ2) is 9.57. The van der Waals surface area contributed by atoms with Crippen LogP contribution in [-0.2, 0) is 0 Å². The van der Waals surface area contributed by atoms with Gasteiger partial charge in [0, 0.05) is 25.2 Å². The third-order valence-corrected chi connectivity index (χ3v) is 6.11. The second-order valence-corrected chi connectivity index (χ2v) is 8.29. The highest BCUT2D eigenvalue weighted by molar-refractivity contribution is 5.98. The molecule has 4 nitrogen and oxygen atoms in total. The van der Waals surface area contributed by atoms with Crippen LogP contribution in [0.25, 0.3) is 10.8 Å². The van der Waals surface area contributed by atoms with Crippen LogP contribution in [0, 0.1) is 0 Å². The van der Waals surface area contributed by atoms with E-state index in [2.05, 4.69) is 4.90 Å².